The van der Waals surface area contributed by atoms with Crippen LogP contribution in [0.5, 0.6) is 11.5 Å². The number of hydrogen-bond acceptors (Lipinski definition) is 5. The third-order valence-corrected chi connectivity index (χ3v) is 5.60. The van der Waals surface area contributed by atoms with E-state index in [-0.39, 0.29) is 11.3 Å². The first-order valence-corrected chi connectivity index (χ1v) is 10.8. The van der Waals surface area contributed by atoms with E-state index >= 15 is 0 Å². The van der Waals surface area contributed by atoms with Gasteiger partial charge in [0.15, 0.2) is 11.6 Å². The standard InChI is InChI=1S/C25H18F4N4O2/c26-15-5-3-4-14(10-15)25(34)32-20-12-17(27)24(23(29)22(20)28)35-16-6-7-18-19(11-16)31-21(13-30-18)33-8-1-2-9-33/h3-7,10-13H,1-2,8-9H2,(H,32,34). The highest BCUT2D eigenvalue weighted by molar-refractivity contribution is 6.04. The molecule has 1 aliphatic heterocycles. The van der Waals surface area contributed by atoms with Crippen LogP contribution in [-0.2, 0) is 0 Å². The van der Waals surface area contributed by atoms with E-state index in [1.807, 2.05) is 5.32 Å². The Hall–Kier alpha value is -4.21. The molecule has 1 amide bonds. The van der Waals surface area contributed by atoms with E-state index in [0.29, 0.717) is 22.9 Å². The van der Waals surface area contributed by atoms with E-state index in [1.54, 1.807) is 12.3 Å². The summed E-state index contributed by atoms with van der Waals surface area (Å²) >= 11 is 0. The highest BCUT2D eigenvalue weighted by Gasteiger charge is 2.23. The van der Waals surface area contributed by atoms with Crippen LogP contribution in [0, 0.1) is 23.3 Å². The maximum atomic E-state index is 14.7. The van der Waals surface area contributed by atoms with E-state index in [0.717, 1.165) is 38.1 Å². The lowest BCUT2D eigenvalue weighted by molar-refractivity contribution is 0.102. The molecular formula is C25H18F4N4O2. The first-order chi connectivity index (χ1) is 16.9. The smallest absolute Gasteiger partial charge is 0.255 e. The Morgan fingerprint density at radius 2 is 1.74 bits per heavy atom. The summed E-state index contributed by atoms with van der Waals surface area (Å²) < 4.78 is 62.7. The molecule has 1 aromatic heterocycles. The van der Waals surface area contributed by atoms with Crippen molar-refractivity contribution >= 4 is 28.4 Å². The quantitative estimate of drug-likeness (QED) is 0.286. The monoisotopic (exact) mass is 482 g/mol. The van der Waals surface area contributed by atoms with E-state index in [1.165, 1.54) is 24.3 Å². The summed E-state index contributed by atoms with van der Waals surface area (Å²) in [5.41, 5.74) is 0.118. The Balaban J connectivity index is 1.41. The average molecular weight is 482 g/mol. The minimum Gasteiger partial charge on any atom is -0.451 e. The third-order valence-electron chi connectivity index (χ3n) is 5.60. The van der Waals surface area contributed by atoms with Gasteiger partial charge in [-0.25, -0.2) is 18.2 Å². The summed E-state index contributed by atoms with van der Waals surface area (Å²) in [5, 5.41) is 2.04. The summed E-state index contributed by atoms with van der Waals surface area (Å²) in [6, 6.07) is 9.65. The molecule has 0 radical (unpaired) electrons. The molecule has 1 aliphatic rings. The number of carbonyl (C=O) groups is 1. The van der Waals surface area contributed by atoms with Crippen LogP contribution in [-0.4, -0.2) is 29.0 Å². The van der Waals surface area contributed by atoms with Crippen LogP contribution in [0.25, 0.3) is 11.0 Å². The van der Waals surface area contributed by atoms with Crippen LogP contribution >= 0.6 is 0 Å². The minimum atomic E-state index is -1.63. The number of nitrogens with one attached hydrogen (secondary N) is 1. The molecule has 1 saturated heterocycles. The van der Waals surface area contributed by atoms with Crippen LogP contribution in [0.4, 0.5) is 29.1 Å². The van der Waals surface area contributed by atoms with Gasteiger partial charge in [0.05, 0.1) is 22.9 Å². The van der Waals surface area contributed by atoms with Crippen LogP contribution in [0.2, 0.25) is 0 Å². The molecule has 4 aromatic rings. The zero-order valence-electron chi connectivity index (χ0n) is 18.2. The van der Waals surface area contributed by atoms with Gasteiger partial charge in [0.2, 0.25) is 11.6 Å². The van der Waals surface area contributed by atoms with Crippen LogP contribution in [0.1, 0.15) is 23.2 Å². The van der Waals surface area contributed by atoms with Gasteiger partial charge in [-0.15, -0.1) is 0 Å². The number of ether oxygens (including phenoxy) is 1. The first kappa shape index (κ1) is 22.6. The fraction of sp³-hybridized carbons (Fsp3) is 0.160. The van der Waals surface area contributed by atoms with Crippen molar-refractivity contribution in [2.75, 3.05) is 23.3 Å². The predicted octanol–water partition coefficient (Wildman–Crippen LogP) is 5.83. The molecule has 0 spiro atoms. The molecule has 6 nitrogen and oxygen atoms in total. The molecule has 10 heteroatoms. The number of halogens is 4. The molecule has 2 heterocycles. The maximum absolute atomic E-state index is 14.7. The highest BCUT2D eigenvalue weighted by Crippen LogP contribution is 2.34. The number of rotatable bonds is 5. The average Bonchev–Trinajstić information content (AvgIpc) is 3.40. The van der Waals surface area contributed by atoms with Gasteiger partial charge in [0, 0.05) is 30.8 Å². The van der Waals surface area contributed by atoms with E-state index in [4.69, 9.17) is 4.74 Å². The van der Waals surface area contributed by atoms with Crippen molar-refractivity contribution in [2.24, 2.45) is 0 Å². The van der Waals surface area contributed by atoms with E-state index < -0.39 is 40.6 Å². The van der Waals surface area contributed by atoms with E-state index in [2.05, 4.69) is 14.9 Å². The lowest BCUT2D eigenvalue weighted by Crippen LogP contribution is -2.19. The molecule has 3 aromatic carbocycles. The number of fused-ring (bicyclic) bond motifs is 1. The predicted molar refractivity (Wildman–Crippen MR) is 122 cm³/mol. The number of hydrogen-bond donors (Lipinski definition) is 1. The number of nitrogens with zero attached hydrogens (tertiary/aromatic N) is 3. The van der Waals surface area contributed by atoms with Gasteiger partial charge in [-0.1, -0.05) is 6.07 Å². The summed E-state index contributed by atoms with van der Waals surface area (Å²) in [7, 11) is 0. The van der Waals surface area contributed by atoms with Gasteiger partial charge in [-0.3, -0.25) is 9.78 Å². The molecule has 0 bridgehead atoms. The Labute approximate surface area is 197 Å². The number of amides is 1. The zero-order chi connectivity index (χ0) is 24.5. The van der Waals surface area contributed by atoms with Gasteiger partial charge in [-0.2, -0.15) is 4.39 Å². The largest absolute Gasteiger partial charge is 0.451 e. The summed E-state index contributed by atoms with van der Waals surface area (Å²) in [4.78, 5) is 23.2. The summed E-state index contributed by atoms with van der Waals surface area (Å²) in [6.45, 7) is 1.74. The van der Waals surface area contributed by atoms with Gasteiger partial charge < -0.3 is 15.0 Å². The molecule has 1 fully saturated rings. The van der Waals surface area contributed by atoms with E-state index in [9.17, 15) is 22.4 Å². The number of anilines is 2. The Morgan fingerprint density at radius 3 is 2.51 bits per heavy atom. The first-order valence-electron chi connectivity index (χ1n) is 10.8. The number of carbonyl (C=O) groups excluding carboxylic acids is 1. The normalized spacial score (nSPS) is 13.3. The number of benzene rings is 3. The Bertz CT molecular complexity index is 1440. The molecular weight excluding hydrogens is 464 g/mol. The fourth-order valence-electron chi connectivity index (χ4n) is 3.85. The topological polar surface area (TPSA) is 67.3 Å². The summed E-state index contributed by atoms with van der Waals surface area (Å²) in [6.07, 6.45) is 3.79. The maximum Gasteiger partial charge on any atom is 0.255 e. The van der Waals surface area contributed by atoms with Crippen molar-refractivity contribution in [2.45, 2.75) is 12.8 Å². The second-order valence-corrected chi connectivity index (χ2v) is 8.00. The van der Waals surface area contributed by atoms with Crippen molar-refractivity contribution in [1.82, 2.24) is 9.97 Å². The SMILES string of the molecule is O=C(Nc1cc(F)c(Oc2ccc3ncc(N4CCCC4)nc3c2)c(F)c1F)c1cccc(F)c1. The van der Waals surface area contributed by atoms with Gasteiger partial charge in [0.1, 0.15) is 17.4 Å². The van der Waals surface area contributed by atoms with Crippen molar-refractivity contribution in [3.05, 3.63) is 83.6 Å². The molecule has 5 rings (SSSR count). The lowest BCUT2D eigenvalue weighted by atomic mass is 10.2. The lowest BCUT2D eigenvalue weighted by Gasteiger charge is -2.16. The van der Waals surface area contributed by atoms with Crippen molar-refractivity contribution < 1.29 is 27.1 Å². The highest BCUT2D eigenvalue weighted by atomic mass is 19.2. The van der Waals surface area contributed by atoms with Crippen molar-refractivity contribution in [3.8, 4) is 11.5 Å². The van der Waals surface area contributed by atoms with Gasteiger partial charge >= 0.3 is 0 Å². The zero-order valence-corrected chi connectivity index (χ0v) is 18.2. The van der Waals surface area contributed by atoms with Crippen LogP contribution in [0.3, 0.4) is 0 Å². The van der Waals surface area contributed by atoms with Crippen molar-refractivity contribution in [3.63, 3.8) is 0 Å². The second-order valence-electron chi connectivity index (χ2n) is 8.00. The Kier molecular flexibility index (Phi) is 5.94. The second kappa shape index (κ2) is 9.21. The van der Waals surface area contributed by atoms with Crippen molar-refractivity contribution in [1.29, 1.82) is 0 Å². The molecule has 0 aliphatic carbocycles. The summed E-state index contributed by atoms with van der Waals surface area (Å²) in [5.74, 6) is -6.28. The van der Waals surface area contributed by atoms with Gasteiger partial charge in [0.25, 0.3) is 5.91 Å². The fourth-order valence-corrected chi connectivity index (χ4v) is 3.85. The molecule has 0 atom stereocenters. The Morgan fingerprint density at radius 1 is 0.943 bits per heavy atom. The van der Waals surface area contributed by atoms with Gasteiger partial charge in [-0.05, 0) is 43.2 Å². The third kappa shape index (κ3) is 4.59. The molecule has 1 N–H and O–H groups in total. The minimum absolute atomic E-state index is 0.0270. The molecule has 35 heavy (non-hydrogen) atoms. The number of aromatic nitrogens is 2. The van der Waals surface area contributed by atoms with Crippen LogP contribution in [0.15, 0.2) is 54.7 Å². The van der Waals surface area contributed by atoms with Crippen LogP contribution < -0.4 is 15.0 Å². The molecule has 178 valence electrons. The molecule has 0 unspecified atom stereocenters. The molecule has 0 saturated carbocycles.